The second kappa shape index (κ2) is 6.33. The van der Waals surface area contributed by atoms with Gasteiger partial charge < -0.3 is 25.0 Å². The molecule has 130 valence electrons. The number of rotatable bonds is 3. The topological polar surface area (TPSA) is 62.8 Å². The van der Waals surface area contributed by atoms with Gasteiger partial charge in [-0.25, -0.2) is 0 Å². The predicted molar refractivity (Wildman–Crippen MR) is 92.4 cm³/mol. The molecular weight excluding hydrogens is 330 g/mol. The van der Waals surface area contributed by atoms with Crippen LogP contribution in [0.3, 0.4) is 0 Å². The lowest BCUT2D eigenvalue weighted by molar-refractivity contribution is 0.0618. The van der Waals surface area contributed by atoms with Crippen LogP contribution < -0.4 is 20.1 Å². The van der Waals surface area contributed by atoms with Crippen LogP contribution in [0.4, 0.5) is 5.69 Å². The van der Waals surface area contributed by atoms with Gasteiger partial charge in [-0.3, -0.25) is 4.79 Å². The number of anilines is 1. The summed E-state index contributed by atoms with van der Waals surface area (Å²) in [6, 6.07) is 1.86. The van der Waals surface area contributed by atoms with Gasteiger partial charge in [-0.15, -0.1) is 0 Å². The van der Waals surface area contributed by atoms with E-state index in [-0.39, 0.29) is 11.9 Å². The Morgan fingerprint density at radius 1 is 1.46 bits per heavy atom. The molecule has 1 aromatic rings. The molecule has 1 unspecified atom stereocenters. The zero-order chi connectivity index (χ0) is 16.7. The lowest BCUT2D eigenvalue weighted by Gasteiger charge is -2.45. The van der Waals surface area contributed by atoms with Gasteiger partial charge in [0.25, 0.3) is 5.91 Å². The molecule has 3 saturated heterocycles. The van der Waals surface area contributed by atoms with E-state index in [0.29, 0.717) is 46.8 Å². The third-order valence-electron chi connectivity index (χ3n) is 5.26. The van der Waals surface area contributed by atoms with E-state index in [9.17, 15) is 4.79 Å². The molecule has 0 aliphatic carbocycles. The number of carbonyl (C=O) groups is 1. The second-order valence-corrected chi connectivity index (χ2v) is 7.04. The Balaban J connectivity index is 1.61. The molecule has 6 nitrogen and oxygen atoms in total. The number of nitrogens with zero attached hydrogens (tertiary/aromatic N) is 1. The van der Waals surface area contributed by atoms with Gasteiger partial charge in [0.1, 0.15) is 6.61 Å². The summed E-state index contributed by atoms with van der Waals surface area (Å²) in [5, 5.41) is 6.86. The number of amides is 1. The van der Waals surface area contributed by atoms with Crippen molar-refractivity contribution in [2.75, 3.05) is 45.2 Å². The second-order valence-electron chi connectivity index (χ2n) is 6.64. The van der Waals surface area contributed by atoms with Gasteiger partial charge in [0.15, 0.2) is 11.5 Å². The molecule has 3 fully saturated rings. The summed E-state index contributed by atoms with van der Waals surface area (Å²) in [4.78, 5) is 15.3. The molecule has 0 radical (unpaired) electrons. The molecule has 2 N–H and O–H groups in total. The molecular formula is C17H22ClN3O3. The minimum Gasteiger partial charge on any atom is -0.492 e. The first-order valence-electron chi connectivity index (χ1n) is 8.47. The van der Waals surface area contributed by atoms with Crippen LogP contribution in [0.5, 0.6) is 11.5 Å². The number of nitrogens with one attached hydrogen (secondary N) is 2. The van der Waals surface area contributed by atoms with Crippen molar-refractivity contribution in [3.05, 3.63) is 16.7 Å². The Kier molecular flexibility index (Phi) is 4.18. The lowest BCUT2D eigenvalue weighted by atomic mass is 9.84. The van der Waals surface area contributed by atoms with Crippen molar-refractivity contribution in [1.29, 1.82) is 0 Å². The summed E-state index contributed by atoms with van der Waals surface area (Å²) in [7, 11) is 1.55. The number of halogens is 1. The first-order chi connectivity index (χ1) is 11.7. The summed E-state index contributed by atoms with van der Waals surface area (Å²) < 4.78 is 11.2. The maximum Gasteiger partial charge on any atom is 0.255 e. The molecule has 0 spiro atoms. The first kappa shape index (κ1) is 15.8. The van der Waals surface area contributed by atoms with Crippen LogP contribution >= 0.6 is 11.6 Å². The van der Waals surface area contributed by atoms with E-state index in [1.807, 2.05) is 0 Å². The van der Waals surface area contributed by atoms with Crippen LogP contribution in [-0.4, -0.2) is 56.7 Å². The van der Waals surface area contributed by atoms with Gasteiger partial charge in [0.05, 0.1) is 23.4 Å². The molecule has 1 aromatic carbocycles. The summed E-state index contributed by atoms with van der Waals surface area (Å²) in [6.45, 7) is 4.41. The number of ether oxygens (including phenoxy) is 2. The Morgan fingerprint density at radius 2 is 2.25 bits per heavy atom. The highest BCUT2D eigenvalue weighted by atomic mass is 35.5. The zero-order valence-electron chi connectivity index (χ0n) is 13.7. The first-order valence-corrected chi connectivity index (χ1v) is 8.85. The maximum atomic E-state index is 12.9. The molecule has 7 heteroatoms. The van der Waals surface area contributed by atoms with E-state index < -0.39 is 0 Å². The Labute approximate surface area is 146 Å². The molecule has 0 aromatic heterocycles. The highest BCUT2D eigenvalue weighted by Crippen LogP contribution is 2.44. The van der Waals surface area contributed by atoms with Crippen LogP contribution in [0, 0.1) is 5.92 Å². The fourth-order valence-corrected chi connectivity index (χ4v) is 4.25. The fourth-order valence-electron chi connectivity index (χ4n) is 3.99. The third kappa shape index (κ3) is 2.67. The number of piperidine rings is 3. The summed E-state index contributed by atoms with van der Waals surface area (Å²) in [5.74, 6) is 1.39. The maximum absolute atomic E-state index is 12.9. The van der Waals surface area contributed by atoms with E-state index in [1.165, 1.54) is 0 Å². The molecule has 4 heterocycles. The van der Waals surface area contributed by atoms with Crippen molar-refractivity contribution in [1.82, 2.24) is 10.2 Å². The number of hydrogen-bond acceptors (Lipinski definition) is 5. The highest BCUT2D eigenvalue weighted by Gasteiger charge is 2.36. The average Bonchev–Trinajstić information content (AvgIpc) is 2.62. The molecule has 1 amide bonds. The third-order valence-corrected chi connectivity index (χ3v) is 5.56. The quantitative estimate of drug-likeness (QED) is 0.872. The lowest BCUT2D eigenvalue weighted by Crippen LogP contribution is -2.57. The van der Waals surface area contributed by atoms with E-state index in [4.69, 9.17) is 21.1 Å². The van der Waals surface area contributed by atoms with Gasteiger partial charge in [-0.1, -0.05) is 11.6 Å². The van der Waals surface area contributed by atoms with Gasteiger partial charge >= 0.3 is 0 Å². The van der Waals surface area contributed by atoms with Crippen molar-refractivity contribution in [2.24, 2.45) is 5.92 Å². The number of carbonyl (C=O) groups excluding carboxylic acids is 1. The van der Waals surface area contributed by atoms with Gasteiger partial charge in [-0.2, -0.15) is 0 Å². The normalized spacial score (nSPS) is 27.7. The minimum atomic E-state index is -0.149. The minimum absolute atomic E-state index is 0.149. The van der Waals surface area contributed by atoms with E-state index in [2.05, 4.69) is 15.5 Å². The van der Waals surface area contributed by atoms with Crippen molar-refractivity contribution >= 4 is 23.2 Å². The van der Waals surface area contributed by atoms with Crippen molar-refractivity contribution in [2.45, 2.75) is 18.9 Å². The van der Waals surface area contributed by atoms with E-state index >= 15 is 0 Å². The van der Waals surface area contributed by atoms with Crippen LogP contribution in [0.25, 0.3) is 0 Å². The Morgan fingerprint density at radius 3 is 2.92 bits per heavy atom. The molecule has 1 atom stereocenters. The smallest absolute Gasteiger partial charge is 0.255 e. The number of hydrogen-bond donors (Lipinski definition) is 2. The molecule has 4 aliphatic heterocycles. The van der Waals surface area contributed by atoms with Crippen molar-refractivity contribution < 1.29 is 14.3 Å². The molecule has 2 bridgehead atoms. The summed E-state index contributed by atoms with van der Waals surface area (Å²) in [6.07, 6.45) is 2.31. The van der Waals surface area contributed by atoms with Gasteiger partial charge in [0, 0.05) is 19.1 Å². The van der Waals surface area contributed by atoms with Gasteiger partial charge in [-0.05, 0) is 37.9 Å². The standard InChI is InChI=1S/C17H22ClN3O3/c1-23-15-11(8-12(18)14-16(15)24-7-4-19-14)17(22)20-13-9-21-5-2-10(13)3-6-21/h8,10,13,19H,2-7,9H2,1H3,(H,20,22). The van der Waals surface area contributed by atoms with E-state index in [1.54, 1.807) is 13.2 Å². The molecule has 0 saturated carbocycles. The number of benzene rings is 1. The summed E-state index contributed by atoms with van der Waals surface area (Å²) in [5.41, 5.74) is 1.13. The number of fused-ring (bicyclic) bond motifs is 4. The molecule has 24 heavy (non-hydrogen) atoms. The monoisotopic (exact) mass is 351 g/mol. The Hall–Kier alpha value is -1.66. The predicted octanol–water partition coefficient (Wildman–Crippen LogP) is 1.98. The van der Waals surface area contributed by atoms with Crippen molar-refractivity contribution in [3.63, 3.8) is 0 Å². The van der Waals surface area contributed by atoms with Gasteiger partial charge in [0.2, 0.25) is 0 Å². The van der Waals surface area contributed by atoms with Crippen molar-refractivity contribution in [3.8, 4) is 11.5 Å². The van der Waals surface area contributed by atoms with Crippen LogP contribution in [0.15, 0.2) is 6.07 Å². The SMILES string of the molecule is COc1c(C(=O)NC2CN3CCC2CC3)cc(Cl)c2c1OCCN2. The Bertz CT molecular complexity index is 659. The highest BCUT2D eigenvalue weighted by molar-refractivity contribution is 6.34. The number of methoxy groups -OCH3 is 1. The zero-order valence-corrected chi connectivity index (χ0v) is 14.5. The van der Waals surface area contributed by atoms with Crippen LogP contribution in [-0.2, 0) is 0 Å². The average molecular weight is 352 g/mol. The molecule has 5 rings (SSSR count). The van der Waals surface area contributed by atoms with E-state index in [0.717, 1.165) is 32.5 Å². The largest absolute Gasteiger partial charge is 0.492 e. The summed E-state index contributed by atoms with van der Waals surface area (Å²) >= 11 is 6.34. The molecule has 4 aliphatic rings. The van der Waals surface area contributed by atoms with Crippen LogP contribution in [0.1, 0.15) is 23.2 Å². The van der Waals surface area contributed by atoms with Crippen LogP contribution in [0.2, 0.25) is 5.02 Å². The fraction of sp³-hybridized carbons (Fsp3) is 0.588.